The smallest absolute Gasteiger partial charge is 0.251 e. The minimum atomic E-state index is -0.101. The van der Waals surface area contributed by atoms with Gasteiger partial charge in [0.25, 0.3) is 5.91 Å². The van der Waals surface area contributed by atoms with Gasteiger partial charge in [0.15, 0.2) is 0 Å². The van der Waals surface area contributed by atoms with E-state index in [-0.39, 0.29) is 17.9 Å². The van der Waals surface area contributed by atoms with Gasteiger partial charge in [0, 0.05) is 30.2 Å². The molecule has 0 aliphatic carbocycles. The average Bonchev–Trinajstić information content (AvgIpc) is 3.39. The summed E-state index contributed by atoms with van der Waals surface area (Å²) in [4.78, 5) is 12.6. The molecule has 134 valence electrons. The van der Waals surface area contributed by atoms with Crippen molar-refractivity contribution in [1.29, 1.82) is 0 Å². The van der Waals surface area contributed by atoms with Crippen LogP contribution in [0.1, 0.15) is 21.8 Å². The third kappa shape index (κ3) is 3.52. The molecule has 7 nitrogen and oxygen atoms in total. The Kier molecular flexibility index (Phi) is 4.53. The first-order valence-electron chi connectivity index (χ1n) is 8.59. The van der Waals surface area contributed by atoms with Crippen molar-refractivity contribution < 1.29 is 14.1 Å². The van der Waals surface area contributed by atoms with Gasteiger partial charge in [-0.1, -0.05) is 17.3 Å². The number of aromatic nitrogens is 3. The fraction of sp³-hybridized carbons (Fsp3) is 0.316. The second kappa shape index (κ2) is 7.13. The number of rotatable bonds is 5. The van der Waals surface area contributed by atoms with E-state index in [0.29, 0.717) is 25.2 Å². The summed E-state index contributed by atoms with van der Waals surface area (Å²) in [5, 5.41) is 13.8. The predicted octanol–water partition coefficient (Wildman–Crippen LogP) is 2.36. The molecule has 1 saturated heterocycles. The molecule has 0 spiro atoms. The van der Waals surface area contributed by atoms with E-state index in [4.69, 9.17) is 9.26 Å². The molecule has 1 amide bonds. The van der Waals surface area contributed by atoms with Crippen LogP contribution in [0.5, 0.6) is 0 Å². The molecule has 0 radical (unpaired) electrons. The number of carbonyl (C=O) groups is 1. The standard InChI is InChI=1S/C19H20N4O3/c1-12-8-16(26-23-12)9-15-10-25-11-18(15)21-19(24)14-4-2-13(3-5-14)17-6-7-20-22-17/h2-8,15,18H,9-11H2,1H3,(H,20,22)(H,21,24). The lowest BCUT2D eigenvalue weighted by molar-refractivity contribution is 0.0924. The van der Waals surface area contributed by atoms with Gasteiger partial charge in [0.2, 0.25) is 0 Å². The third-order valence-electron chi connectivity index (χ3n) is 4.61. The number of aryl methyl sites for hydroxylation is 1. The molecule has 26 heavy (non-hydrogen) atoms. The molecule has 1 aliphatic heterocycles. The van der Waals surface area contributed by atoms with E-state index in [1.165, 1.54) is 0 Å². The highest BCUT2D eigenvalue weighted by atomic mass is 16.5. The molecule has 1 aliphatic rings. The topological polar surface area (TPSA) is 93.0 Å². The number of H-pyrrole nitrogens is 1. The average molecular weight is 352 g/mol. The first kappa shape index (κ1) is 16.5. The van der Waals surface area contributed by atoms with Gasteiger partial charge in [-0.05, 0) is 30.7 Å². The van der Waals surface area contributed by atoms with Gasteiger partial charge in [-0.25, -0.2) is 0 Å². The molecule has 7 heteroatoms. The van der Waals surface area contributed by atoms with Crippen LogP contribution in [-0.2, 0) is 11.2 Å². The molecule has 2 unspecified atom stereocenters. The zero-order valence-electron chi connectivity index (χ0n) is 14.4. The summed E-state index contributed by atoms with van der Waals surface area (Å²) in [6.45, 7) is 3.00. The molecular weight excluding hydrogens is 332 g/mol. The zero-order valence-corrected chi connectivity index (χ0v) is 14.4. The van der Waals surface area contributed by atoms with Crippen LogP contribution in [0.3, 0.4) is 0 Å². The van der Waals surface area contributed by atoms with E-state index in [2.05, 4.69) is 20.7 Å². The van der Waals surface area contributed by atoms with E-state index in [0.717, 1.165) is 22.7 Å². The first-order valence-corrected chi connectivity index (χ1v) is 8.59. The van der Waals surface area contributed by atoms with Gasteiger partial charge in [-0.2, -0.15) is 5.10 Å². The fourth-order valence-electron chi connectivity index (χ4n) is 3.20. The summed E-state index contributed by atoms with van der Waals surface area (Å²) in [5.41, 5.74) is 3.39. The predicted molar refractivity (Wildman–Crippen MR) is 94.5 cm³/mol. The zero-order chi connectivity index (χ0) is 17.9. The Morgan fingerprint density at radius 2 is 2.12 bits per heavy atom. The number of ether oxygens (including phenoxy) is 1. The van der Waals surface area contributed by atoms with Crippen molar-refractivity contribution in [3.63, 3.8) is 0 Å². The van der Waals surface area contributed by atoms with E-state index in [1.807, 2.05) is 43.3 Å². The van der Waals surface area contributed by atoms with Crippen LogP contribution in [0.15, 0.2) is 47.1 Å². The van der Waals surface area contributed by atoms with Crippen LogP contribution in [0.4, 0.5) is 0 Å². The minimum Gasteiger partial charge on any atom is -0.379 e. The summed E-state index contributed by atoms with van der Waals surface area (Å²) >= 11 is 0. The van der Waals surface area contributed by atoms with E-state index < -0.39 is 0 Å². The Hall–Kier alpha value is -2.93. The van der Waals surface area contributed by atoms with E-state index >= 15 is 0 Å². The van der Waals surface area contributed by atoms with Crippen LogP contribution in [0, 0.1) is 12.8 Å². The molecular formula is C19H20N4O3. The molecule has 1 aromatic carbocycles. The number of benzene rings is 1. The van der Waals surface area contributed by atoms with Crippen LogP contribution < -0.4 is 5.32 Å². The van der Waals surface area contributed by atoms with Crippen molar-refractivity contribution in [1.82, 2.24) is 20.7 Å². The fourth-order valence-corrected chi connectivity index (χ4v) is 3.20. The Morgan fingerprint density at radius 1 is 1.27 bits per heavy atom. The largest absolute Gasteiger partial charge is 0.379 e. The Balaban J connectivity index is 1.40. The maximum atomic E-state index is 12.6. The van der Waals surface area contributed by atoms with Crippen molar-refractivity contribution in [2.24, 2.45) is 5.92 Å². The number of hydrogen-bond acceptors (Lipinski definition) is 5. The Labute approximate surface area is 150 Å². The lowest BCUT2D eigenvalue weighted by Crippen LogP contribution is -2.40. The van der Waals surface area contributed by atoms with Crippen molar-refractivity contribution in [2.45, 2.75) is 19.4 Å². The molecule has 0 saturated carbocycles. The summed E-state index contributed by atoms with van der Waals surface area (Å²) in [5.74, 6) is 0.895. The molecule has 4 rings (SSSR count). The van der Waals surface area contributed by atoms with Gasteiger partial charge in [0.1, 0.15) is 5.76 Å². The summed E-state index contributed by atoms with van der Waals surface area (Å²) in [7, 11) is 0. The van der Waals surface area contributed by atoms with E-state index in [1.54, 1.807) is 6.20 Å². The van der Waals surface area contributed by atoms with Gasteiger partial charge < -0.3 is 14.6 Å². The summed E-state index contributed by atoms with van der Waals surface area (Å²) in [6.07, 6.45) is 2.40. The molecule has 3 heterocycles. The highest BCUT2D eigenvalue weighted by Gasteiger charge is 2.31. The number of hydrogen-bond donors (Lipinski definition) is 2. The van der Waals surface area contributed by atoms with Gasteiger partial charge in [-0.15, -0.1) is 0 Å². The molecule has 2 atom stereocenters. The minimum absolute atomic E-state index is 0.0415. The van der Waals surface area contributed by atoms with Crippen LogP contribution in [0.25, 0.3) is 11.3 Å². The number of nitrogens with one attached hydrogen (secondary N) is 2. The van der Waals surface area contributed by atoms with Gasteiger partial charge >= 0.3 is 0 Å². The second-order valence-electron chi connectivity index (χ2n) is 6.56. The highest BCUT2D eigenvalue weighted by molar-refractivity contribution is 5.94. The second-order valence-corrected chi connectivity index (χ2v) is 6.56. The van der Waals surface area contributed by atoms with Crippen molar-refractivity contribution >= 4 is 5.91 Å². The number of aromatic amines is 1. The van der Waals surface area contributed by atoms with E-state index in [9.17, 15) is 4.79 Å². The molecule has 2 aromatic heterocycles. The van der Waals surface area contributed by atoms with Gasteiger partial charge in [-0.3, -0.25) is 9.89 Å². The molecule has 3 aromatic rings. The summed E-state index contributed by atoms with van der Waals surface area (Å²) in [6, 6.07) is 11.2. The maximum Gasteiger partial charge on any atom is 0.251 e. The molecule has 1 fully saturated rings. The summed E-state index contributed by atoms with van der Waals surface area (Å²) < 4.78 is 10.9. The lowest BCUT2D eigenvalue weighted by Gasteiger charge is -2.18. The maximum absolute atomic E-state index is 12.6. The lowest BCUT2D eigenvalue weighted by atomic mass is 9.97. The van der Waals surface area contributed by atoms with Crippen LogP contribution >= 0.6 is 0 Å². The SMILES string of the molecule is Cc1cc(CC2COCC2NC(=O)c2ccc(-c3ccn[nH]3)cc2)on1. The van der Waals surface area contributed by atoms with Crippen LogP contribution in [-0.4, -0.2) is 40.5 Å². The molecule has 2 N–H and O–H groups in total. The van der Waals surface area contributed by atoms with Crippen molar-refractivity contribution in [2.75, 3.05) is 13.2 Å². The quantitative estimate of drug-likeness (QED) is 0.735. The first-order chi connectivity index (χ1) is 12.7. The Morgan fingerprint density at radius 3 is 2.81 bits per heavy atom. The third-order valence-corrected chi connectivity index (χ3v) is 4.61. The van der Waals surface area contributed by atoms with Gasteiger partial charge in [0.05, 0.1) is 30.6 Å². The monoisotopic (exact) mass is 352 g/mol. The Bertz CT molecular complexity index is 871. The van der Waals surface area contributed by atoms with Crippen molar-refractivity contribution in [3.05, 3.63) is 59.6 Å². The number of nitrogens with zero attached hydrogens (tertiary/aromatic N) is 2. The number of amides is 1. The number of carbonyl (C=O) groups excluding carboxylic acids is 1. The highest BCUT2D eigenvalue weighted by Crippen LogP contribution is 2.21. The normalized spacial score (nSPS) is 19.6. The van der Waals surface area contributed by atoms with Crippen LogP contribution in [0.2, 0.25) is 0 Å². The molecule has 0 bridgehead atoms. The van der Waals surface area contributed by atoms with Crippen molar-refractivity contribution in [3.8, 4) is 11.3 Å².